The van der Waals surface area contributed by atoms with Crippen molar-refractivity contribution in [2.24, 2.45) is 0 Å². The molecule has 5 nitrogen and oxygen atoms in total. The second-order valence-corrected chi connectivity index (χ2v) is 9.00. The zero-order valence-corrected chi connectivity index (χ0v) is 16.3. The molecular formula is C17H18BrFN2O3S. The van der Waals surface area contributed by atoms with E-state index in [1.165, 1.54) is 30.3 Å². The molecule has 0 bridgehead atoms. The van der Waals surface area contributed by atoms with Gasteiger partial charge in [-0.25, -0.2) is 17.5 Å². The highest BCUT2D eigenvalue weighted by Gasteiger charge is 2.22. The zero-order chi connectivity index (χ0) is 18.8. The molecule has 0 atom stereocenters. The van der Waals surface area contributed by atoms with E-state index in [-0.39, 0.29) is 14.9 Å². The lowest BCUT2D eigenvalue weighted by molar-refractivity contribution is 0.102. The topological polar surface area (TPSA) is 75.3 Å². The largest absolute Gasteiger partial charge is 0.322 e. The van der Waals surface area contributed by atoms with Gasteiger partial charge in [0.05, 0.1) is 9.37 Å². The van der Waals surface area contributed by atoms with E-state index in [0.717, 1.165) is 6.07 Å². The highest BCUT2D eigenvalue weighted by Crippen LogP contribution is 2.20. The first kappa shape index (κ1) is 19.6. The van der Waals surface area contributed by atoms with Gasteiger partial charge in [-0.2, -0.15) is 0 Å². The van der Waals surface area contributed by atoms with Gasteiger partial charge in [0.2, 0.25) is 10.0 Å². The molecular weight excluding hydrogens is 411 g/mol. The molecule has 0 saturated carbocycles. The number of hydrogen-bond donors (Lipinski definition) is 2. The van der Waals surface area contributed by atoms with E-state index >= 15 is 0 Å². The van der Waals surface area contributed by atoms with Crippen molar-refractivity contribution in [3.8, 4) is 0 Å². The van der Waals surface area contributed by atoms with Gasteiger partial charge < -0.3 is 5.32 Å². The Morgan fingerprint density at radius 3 is 2.40 bits per heavy atom. The molecule has 25 heavy (non-hydrogen) atoms. The van der Waals surface area contributed by atoms with E-state index in [1.54, 1.807) is 26.8 Å². The number of nitrogens with one attached hydrogen (secondary N) is 2. The molecule has 2 aromatic rings. The molecule has 0 heterocycles. The third-order valence-corrected chi connectivity index (χ3v) is 5.42. The van der Waals surface area contributed by atoms with Crippen molar-refractivity contribution >= 4 is 37.5 Å². The molecule has 8 heteroatoms. The smallest absolute Gasteiger partial charge is 0.255 e. The lowest BCUT2D eigenvalue weighted by Crippen LogP contribution is -2.40. The average molecular weight is 429 g/mol. The molecule has 0 radical (unpaired) electrons. The molecule has 2 N–H and O–H groups in total. The van der Waals surface area contributed by atoms with Crippen LogP contribution in [0.15, 0.2) is 51.8 Å². The lowest BCUT2D eigenvalue weighted by atomic mass is 10.1. The van der Waals surface area contributed by atoms with Crippen molar-refractivity contribution in [1.82, 2.24) is 4.72 Å². The van der Waals surface area contributed by atoms with Crippen LogP contribution >= 0.6 is 15.9 Å². The van der Waals surface area contributed by atoms with Crippen LogP contribution in [0, 0.1) is 5.82 Å². The molecule has 0 fully saturated rings. The van der Waals surface area contributed by atoms with E-state index in [1.807, 2.05) is 0 Å². The fourth-order valence-electron chi connectivity index (χ4n) is 2.04. The second-order valence-electron chi connectivity index (χ2n) is 6.47. The lowest BCUT2D eigenvalue weighted by Gasteiger charge is -2.20. The van der Waals surface area contributed by atoms with Crippen molar-refractivity contribution < 1.29 is 17.6 Å². The molecule has 0 spiro atoms. The first-order chi connectivity index (χ1) is 11.5. The number of carbonyl (C=O) groups is 1. The maximum Gasteiger partial charge on any atom is 0.255 e. The standard InChI is InChI=1S/C17H18BrFN2O3S/c1-17(2,3)21-25(23,24)13-6-4-5-12(10-13)20-16(22)11-7-8-14(18)15(19)9-11/h4-10,21H,1-3H3,(H,20,22). The van der Waals surface area contributed by atoms with Gasteiger partial charge in [0.25, 0.3) is 5.91 Å². The Balaban J connectivity index is 2.24. The summed E-state index contributed by atoms with van der Waals surface area (Å²) in [6.07, 6.45) is 0. The summed E-state index contributed by atoms with van der Waals surface area (Å²) in [5.74, 6) is -1.09. The van der Waals surface area contributed by atoms with E-state index < -0.39 is 27.3 Å². The first-order valence-corrected chi connectivity index (χ1v) is 9.66. The summed E-state index contributed by atoms with van der Waals surface area (Å²) in [7, 11) is -3.72. The first-order valence-electron chi connectivity index (χ1n) is 7.38. The minimum atomic E-state index is -3.72. The van der Waals surface area contributed by atoms with Crippen LogP contribution in [0.1, 0.15) is 31.1 Å². The maximum atomic E-state index is 13.5. The molecule has 0 aliphatic heterocycles. The van der Waals surface area contributed by atoms with E-state index in [4.69, 9.17) is 0 Å². The summed E-state index contributed by atoms with van der Waals surface area (Å²) in [6.45, 7) is 5.20. The van der Waals surface area contributed by atoms with Crippen LogP contribution in [0.25, 0.3) is 0 Å². The number of anilines is 1. The number of sulfonamides is 1. The number of hydrogen-bond acceptors (Lipinski definition) is 3. The highest BCUT2D eigenvalue weighted by atomic mass is 79.9. The fourth-order valence-corrected chi connectivity index (χ4v) is 3.75. The summed E-state index contributed by atoms with van der Waals surface area (Å²) in [4.78, 5) is 12.2. The van der Waals surface area contributed by atoms with Crippen molar-refractivity contribution in [1.29, 1.82) is 0 Å². The van der Waals surface area contributed by atoms with Crippen LogP contribution in [-0.4, -0.2) is 19.9 Å². The summed E-state index contributed by atoms with van der Waals surface area (Å²) in [5.41, 5.74) is -0.209. The number of amides is 1. The van der Waals surface area contributed by atoms with Crippen molar-refractivity contribution in [2.75, 3.05) is 5.32 Å². The van der Waals surface area contributed by atoms with Crippen LogP contribution in [0.5, 0.6) is 0 Å². The van der Waals surface area contributed by atoms with Crippen LogP contribution in [-0.2, 0) is 10.0 Å². The zero-order valence-electron chi connectivity index (χ0n) is 13.9. The monoisotopic (exact) mass is 428 g/mol. The second kappa shape index (κ2) is 7.23. The fraction of sp³-hybridized carbons (Fsp3) is 0.235. The van der Waals surface area contributed by atoms with Gasteiger partial charge in [-0.1, -0.05) is 6.07 Å². The number of benzene rings is 2. The quantitative estimate of drug-likeness (QED) is 0.774. The van der Waals surface area contributed by atoms with Crippen LogP contribution in [0.3, 0.4) is 0 Å². The third-order valence-electron chi connectivity index (χ3n) is 3.02. The van der Waals surface area contributed by atoms with E-state index in [0.29, 0.717) is 5.69 Å². The summed E-state index contributed by atoms with van der Waals surface area (Å²) in [5, 5.41) is 2.57. The summed E-state index contributed by atoms with van der Waals surface area (Å²) < 4.78 is 41.1. The molecule has 134 valence electrons. The van der Waals surface area contributed by atoms with Crippen molar-refractivity contribution in [3.63, 3.8) is 0 Å². The number of rotatable bonds is 4. The SMILES string of the molecule is CC(C)(C)NS(=O)(=O)c1cccc(NC(=O)c2ccc(Br)c(F)c2)c1. The summed E-state index contributed by atoms with van der Waals surface area (Å²) >= 11 is 3.02. The Labute approximate surface area is 154 Å². The predicted molar refractivity (Wildman–Crippen MR) is 98.6 cm³/mol. The maximum absolute atomic E-state index is 13.5. The van der Waals surface area contributed by atoms with Gasteiger partial charge in [0, 0.05) is 16.8 Å². The molecule has 1 amide bonds. The van der Waals surface area contributed by atoms with Crippen LogP contribution < -0.4 is 10.0 Å². The number of halogens is 2. The Morgan fingerprint density at radius 2 is 1.80 bits per heavy atom. The van der Waals surface area contributed by atoms with Crippen LogP contribution in [0.4, 0.5) is 10.1 Å². The normalized spacial score (nSPS) is 12.0. The van der Waals surface area contributed by atoms with E-state index in [9.17, 15) is 17.6 Å². The minimum absolute atomic E-state index is 0.0298. The predicted octanol–water partition coefficient (Wildman–Crippen LogP) is 3.92. The van der Waals surface area contributed by atoms with Gasteiger partial charge in [-0.3, -0.25) is 4.79 Å². The third kappa shape index (κ3) is 5.35. The minimum Gasteiger partial charge on any atom is -0.322 e. The molecule has 0 aliphatic carbocycles. The Kier molecular flexibility index (Phi) is 5.65. The van der Waals surface area contributed by atoms with Crippen LogP contribution in [0.2, 0.25) is 0 Å². The molecule has 0 aromatic heterocycles. The Bertz CT molecular complexity index is 908. The molecule has 2 aromatic carbocycles. The van der Waals surface area contributed by atoms with Gasteiger partial charge in [0.1, 0.15) is 5.82 Å². The van der Waals surface area contributed by atoms with Gasteiger partial charge in [0.15, 0.2) is 0 Å². The molecule has 0 aliphatic rings. The average Bonchev–Trinajstić information content (AvgIpc) is 2.48. The van der Waals surface area contributed by atoms with Crippen molar-refractivity contribution in [3.05, 3.63) is 58.3 Å². The molecule has 0 unspecified atom stereocenters. The number of carbonyl (C=O) groups excluding carboxylic acids is 1. The van der Waals surface area contributed by atoms with E-state index in [2.05, 4.69) is 26.0 Å². The summed E-state index contributed by atoms with van der Waals surface area (Å²) in [6, 6.07) is 9.85. The Morgan fingerprint density at radius 1 is 1.12 bits per heavy atom. The highest BCUT2D eigenvalue weighted by molar-refractivity contribution is 9.10. The molecule has 0 saturated heterocycles. The molecule has 2 rings (SSSR count). The van der Waals surface area contributed by atoms with Gasteiger partial charge in [-0.15, -0.1) is 0 Å². The van der Waals surface area contributed by atoms with Gasteiger partial charge in [-0.05, 0) is 73.1 Å². The Hall–Kier alpha value is -1.77. The van der Waals surface area contributed by atoms with Crippen molar-refractivity contribution in [2.45, 2.75) is 31.2 Å². The van der Waals surface area contributed by atoms with Gasteiger partial charge >= 0.3 is 0 Å².